The van der Waals surface area contributed by atoms with Crippen LogP contribution in [0.3, 0.4) is 0 Å². The molecular weight excluding hydrogens is 317 g/mol. The fourth-order valence-corrected chi connectivity index (χ4v) is 3.03. The lowest BCUT2D eigenvalue weighted by Crippen LogP contribution is -2.08. The summed E-state index contributed by atoms with van der Waals surface area (Å²) in [6.45, 7) is 1.98. The van der Waals surface area contributed by atoms with Gasteiger partial charge in [0.15, 0.2) is 5.69 Å². The van der Waals surface area contributed by atoms with Gasteiger partial charge in [-0.2, -0.15) is 24.5 Å². The highest BCUT2D eigenvalue weighted by atomic mass is 32.1. The van der Waals surface area contributed by atoms with Crippen molar-refractivity contribution in [3.8, 4) is 11.1 Å². The van der Waals surface area contributed by atoms with Gasteiger partial charge in [0, 0.05) is 11.3 Å². The van der Waals surface area contributed by atoms with Gasteiger partial charge in [-0.1, -0.05) is 19.8 Å². The van der Waals surface area contributed by atoms with Crippen LogP contribution in [-0.4, -0.2) is 9.91 Å². The summed E-state index contributed by atoms with van der Waals surface area (Å²) in [5.41, 5.74) is -1.35. The van der Waals surface area contributed by atoms with Crippen LogP contribution in [0.4, 0.5) is 18.9 Å². The summed E-state index contributed by atoms with van der Waals surface area (Å²) < 4.78 is 39.3. The van der Waals surface area contributed by atoms with Crippen LogP contribution in [0, 0.1) is 10.1 Å². The predicted octanol–water partition coefficient (Wildman–Crippen LogP) is 5.40. The van der Waals surface area contributed by atoms with Crippen molar-refractivity contribution in [2.24, 2.45) is 0 Å². The normalized spacial score (nSPS) is 11.8. The van der Waals surface area contributed by atoms with Gasteiger partial charge in [0.2, 0.25) is 0 Å². The third-order valence-corrected chi connectivity index (χ3v) is 4.04. The number of hydrogen-bond acceptors (Lipinski definition) is 3. The number of rotatable bonds is 6. The van der Waals surface area contributed by atoms with Crippen LogP contribution in [0.1, 0.15) is 37.6 Å². The lowest BCUT2D eigenvalue weighted by Gasteiger charge is -2.02. The van der Waals surface area contributed by atoms with Gasteiger partial charge in [0.25, 0.3) is 0 Å². The first-order valence-corrected chi connectivity index (χ1v) is 7.79. The Morgan fingerprint density at radius 1 is 1.36 bits per heavy atom. The lowest BCUT2D eigenvalue weighted by atomic mass is 10.0. The number of aromatic nitrogens is 1. The molecule has 2 heterocycles. The van der Waals surface area contributed by atoms with Crippen LogP contribution in [0.15, 0.2) is 16.8 Å². The third-order valence-electron chi connectivity index (χ3n) is 3.36. The molecule has 1 N–H and O–H groups in total. The zero-order valence-corrected chi connectivity index (χ0v) is 12.7. The van der Waals surface area contributed by atoms with Crippen LogP contribution in [0.25, 0.3) is 11.1 Å². The van der Waals surface area contributed by atoms with E-state index in [1.54, 1.807) is 16.8 Å². The van der Waals surface area contributed by atoms with Crippen molar-refractivity contribution in [2.75, 3.05) is 0 Å². The summed E-state index contributed by atoms with van der Waals surface area (Å²) in [6.07, 6.45) is -1.96. The number of alkyl halides is 3. The van der Waals surface area contributed by atoms with E-state index in [9.17, 15) is 23.3 Å². The average molecular weight is 332 g/mol. The number of hydrogen-bond donors (Lipinski definition) is 1. The van der Waals surface area contributed by atoms with Crippen LogP contribution < -0.4 is 0 Å². The molecule has 0 saturated carbocycles. The topological polar surface area (TPSA) is 58.9 Å². The van der Waals surface area contributed by atoms with Crippen molar-refractivity contribution in [1.29, 1.82) is 0 Å². The van der Waals surface area contributed by atoms with Gasteiger partial charge in [-0.25, -0.2) is 0 Å². The van der Waals surface area contributed by atoms with Crippen molar-refractivity contribution in [2.45, 2.75) is 38.8 Å². The zero-order valence-electron chi connectivity index (χ0n) is 11.9. The summed E-state index contributed by atoms with van der Waals surface area (Å²) >= 11 is 1.29. The summed E-state index contributed by atoms with van der Waals surface area (Å²) in [4.78, 5) is 12.5. The van der Waals surface area contributed by atoms with Crippen LogP contribution in [0.5, 0.6) is 0 Å². The SMILES string of the molecule is CCCCCc1[nH]c(C(F)(F)F)c([N+](=O)[O-])c1-c1ccsc1. The number of thiophene rings is 1. The Labute approximate surface area is 129 Å². The third kappa shape index (κ3) is 3.32. The molecule has 2 rings (SSSR count). The molecule has 0 aliphatic rings. The van der Waals surface area contributed by atoms with E-state index >= 15 is 0 Å². The van der Waals surface area contributed by atoms with Crippen LogP contribution in [0.2, 0.25) is 0 Å². The minimum absolute atomic E-state index is 0.0645. The van der Waals surface area contributed by atoms with E-state index in [0.29, 0.717) is 18.4 Å². The Bertz CT molecular complexity index is 648. The molecule has 0 atom stereocenters. The largest absolute Gasteiger partial charge is 0.438 e. The van der Waals surface area contributed by atoms with Gasteiger partial charge in [-0.3, -0.25) is 10.1 Å². The summed E-state index contributed by atoms with van der Waals surface area (Å²) in [5.74, 6) is 0. The van der Waals surface area contributed by atoms with E-state index in [-0.39, 0.29) is 11.3 Å². The maximum Gasteiger partial charge on any atom is 0.438 e. The molecule has 0 radical (unpaired) electrons. The first kappa shape index (κ1) is 16.5. The molecule has 0 aliphatic carbocycles. The molecular formula is C14H15F3N2O2S. The molecule has 0 aromatic carbocycles. The second kappa shape index (κ2) is 6.51. The number of unbranched alkanes of at least 4 members (excludes halogenated alkanes) is 2. The van der Waals surface area contributed by atoms with Gasteiger partial charge in [-0.15, -0.1) is 0 Å². The Morgan fingerprint density at radius 3 is 2.59 bits per heavy atom. The van der Waals surface area contributed by atoms with Crippen molar-refractivity contribution >= 4 is 17.0 Å². The Balaban J connectivity index is 2.59. The van der Waals surface area contributed by atoms with E-state index in [2.05, 4.69) is 4.98 Å². The zero-order chi connectivity index (χ0) is 16.3. The molecule has 8 heteroatoms. The molecule has 0 spiro atoms. The molecule has 120 valence electrons. The van der Waals surface area contributed by atoms with Crippen LogP contribution in [-0.2, 0) is 12.6 Å². The second-order valence-electron chi connectivity index (χ2n) is 4.93. The van der Waals surface area contributed by atoms with Gasteiger partial charge >= 0.3 is 11.9 Å². The quantitative estimate of drug-likeness (QED) is 0.437. The van der Waals surface area contributed by atoms with Crippen molar-refractivity contribution in [3.63, 3.8) is 0 Å². The first-order chi connectivity index (χ1) is 10.4. The molecule has 0 amide bonds. The van der Waals surface area contributed by atoms with Gasteiger partial charge in [0.05, 0.1) is 10.5 Å². The predicted molar refractivity (Wildman–Crippen MR) is 79.0 cm³/mol. The standard InChI is InChI=1S/C14H15F3N2O2S/c1-2-3-4-5-10-11(9-6-7-22-8-9)12(19(20)21)13(18-10)14(15,16)17/h6-8,18H,2-5H2,1H3. The molecule has 0 aliphatic heterocycles. The molecule has 22 heavy (non-hydrogen) atoms. The maximum atomic E-state index is 13.1. The monoisotopic (exact) mass is 332 g/mol. The van der Waals surface area contributed by atoms with E-state index in [4.69, 9.17) is 0 Å². The molecule has 2 aromatic heterocycles. The highest BCUT2D eigenvalue weighted by molar-refractivity contribution is 7.08. The number of halogens is 3. The minimum Gasteiger partial charge on any atom is -0.348 e. The summed E-state index contributed by atoms with van der Waals surface area (Å²) in [7, 11) is 0. The van der Waals surface area contributed by atoms with E-state index in [1.165, 1.54) is 11.3 Å². The second-order valence-corrected chi connectivity index (χ2v) is 5.71. The maximum absolute atomic E-state index is 13.1. The lowest BCUT2D eigenvalue weighted by molar-refractivity contribution is -0.387. The number of nitrogens with one attached hydrogen (secondary N) is 1. The Kier molecular flexibility index (Phi) is 4.90. The molecule has 0 bridgehead atoms. The number of H-pyrrole nitrogens is 1. The first-order valence-electron chi connectivity index (χ1n) is 6.85. The number of nitrogens with zero attached hydrogens (tertiary/aromatic N) is 1. The number of nitro groups is 1. The van der Waals surface area contributed by atoms with Crippen molar-refractivity contribution in [1.82, 2.24) is 4.98 Å². The van der Waals surface area contributed by atoms with Gasteiger partial charge < -0.3 is 4.98 Å². The van der Waals surface area contributed by atoms with Crippen molar-refractivity contribution < 1.29 is 18.1 Å². The molecule has 2 aromatic rings. The smallest absolute Gasteiger partial charge is 0.348 e. The number of aromatic amines is 1. The fraction of sp³-hybridized carbons (Fsp3) is 0.429. The summed E-state index contributed by atoms with van der Waals surface area (Å²) in [5, 5.41) is 14.5. The highest BCUT2D eigenvalue weighted by Crippen LogP contribution is 2.44. The molecule has 4 nitrogen and oxygen atoms in total. The molecule has 0 unspecified atom stereocenters. The minimum atomic E-state index is -4.78. The summed E-state index contributed by atoms with van der Waals surface area (Å²) in [6, 6.07) is 1.60. The van der Waals surface area contributed by atoms with Gasteiger partial charge in [0.1, 0.15) is 0 Å². The van der Waals surface area contributed by atoms with E-state index < -0.39 is 22.5 Å². The fourth-order valence-electron chi connectivity index (χ4n) is 2.39. The Morgan fingerprint density at radius 2 is 2.09 bits per heavy atom. The molecule has 0 saturated heterocycles. The molecule has 0 fully saturated rings. The van der Waals surface area contributed by atoms with Gasteiger partial charge in [-0.05, 0) is 29.7 Å². The van der Waals surface area contributed by atoms with Crippen molar-refractivity contribution in [3.05, 3.63) is 38.3 Å². The van der Waals surface area contributed by atoms with E-state index in [0.717, 1.165) is 12.8 Å². The van der Waals surface area contributed by atoms with Crippen LogP contribution >= 0.6 is 11.3 Å². The average Bonchev–Trinajstić information content (AvgIpc) is 3.04. The highest BCUT2D eigenvalue weighted by Gasteiger charge is 2.43. The Hall–Kier alpha value is -1.83. The van der Waals surface area contributed by atoms with E-state index in [1.807, 2.05) is 6.92 Å². The number of aryl methyl sites for hydroxylation is 1.